The molecule has 0 radical (unpaired) electrons. The van der Waals surface area contributed by atoms with Crippen molar-refractivity contribution in [2.45, 2.75) is 71.3 Å². The second kappa shape index (κ2) is 6.64. The van der Waals surface area contributed by atoms with Gasteiger partial charge in [-0.05, 0) is 94.2 Å². The van der Waals surface area contributed by atoms with E-state index in [2.05, 4.69) is 17.4 Å². The van der Waals surface area contributed by atoms with E-state index in [1.54, 1.807) is 0 Å². The highest BCUT2D eigenvalue weighted by Gasteiger charge is 2.47. The Bertz CT molecular complexity index is 590. The molecule has 4 nitrogen and oxygen atoms in total. The van der Waals surface area contributed by atoms with Crippen molar-refractivity contribution in [2.24, 2.45) is 10.8 Å². The molecule has 3 aliphatic rings. The van der Waals surface area contributed by atoms with Crippen molar-refractivity contribution in [3.63, 3.8) is 0 Å². The second-order valence-corrected chi connectivity index (χ2v) is 9.16. The second-order valence-electron chi connectivity index (χ2n) is 9.16. The Morgan fingerprint density at radius 1 is 1.04 bits per heavy atom. The molecule has 2 bridgehead atoms. The highest BCUT2D eigenvalue weighted by atomic mass is 16.6. The van der Waals surface area contributed by atoms with Gasteiger partial charge in [-0.1, -0.05) is 12.1 Å². The van der Waals surface area contributed by atoms with Gasteiger partial charge in [0.15, 0.2) is 0 Å². The van der Waals surface area contributed by atoms with Gasteiger partial charge in [0, 0.05) is 12.3 Å². The zero-order valence-electron chi connectivity index (χ0n) is 15.7. The number of nitrogens with one attached hydrogen (secondary N) is 1. The molecule has 4 rings (SSSR count). The molecule has 0 aliphatic heterocycles. The summed E-state index contributed by atoms with van der Waals surface area (Å²) in [5.74, 6) is 0. The molecule has 25 heavy (non-hydrogen) atoms. The number of benzene rings is 1. The Morgan fingerprint density at radius 2 is 1.56 bits per heavy atom. The van der Waals surface area contributed by atoms with Gasteiger partial charge in [0.1, 0.15) is 5.60 Å². The zero-order chi connectivity index (χ0) is 18.1. The summed E-state index contributed by atoms with van der Waals surface area (Å²) in [7, 11) is 0. The first-order chi connectivity index (χ1) is 11.7. The third-order valence-electron chi connectivity index (χ3n) is 6.07. The van der Waals surface area contributed by atoms with Gasteiger partial charge in [-0.15, -0.1) is 0 Å². The van der Waals surface area contributed by atoms with Crippen molar-refractivity contribution in [3.05, 3.63) is 29.8 Å². The van der Waals surface area contributed by atoms with E-state index < -0.39 is 11.7 Å². The van der Waals surface area contributed by atoms with E-state index in [9.17, 15) is 9.90 Å². The highest BCUT2D eigenvalue weighted by Crippen LogP contribution is 2.57. The fourth-order valence-corrected chi connectivity index (χ4v) is 4.40. The number of ether oxygens (including phenoxy) is 1. The number of rotatable bonds is 4. The van der Waals surface area contributed by atoms with Crippen LogP contribution < -0.4 is 5.32 Å². The van der Waals surface area contributed by atoms with Crippen molar-refractivity contribution in [1.29, 1.82) is 0 Å². The summed E-state index contributed by atoms with van der Waals surface area (Å²) < 4.78 is 5.28. The highest BCUT2D eigenvalue weighted by molar-refractivity contribution is 5.84. The molecular formula is C21H31NO3. The Kier molecular flexibility index (Phi) is 4.84. The lowest BCUT2D eigenvalue weighted by molar-refractivity contribution is -0.0418. The predicted octanol–water partition coefficient (Wildman–Crippen LogP) is 4.91. The first kappa shape index (κ1) is 18.2. The average Bonchev–Trinajstić information content (AvgIpc) is 2.56. The van der Waals surface area contributed by atoms with Gasteiger partial charge < -0.3 is 9.84 Å². The molecule has 1 aromatic rings. The number of anilines is 1. The molecule has 0 saturated heterocycles. The summed E-state index contributed by atoms with van der Waals surface area (Å²) in [6.45, 7) is 5.92. The van der Waals surface area contributed by atoms with E-state index in [-0.39, 0.29) is 5.41 Å². The lowest BCUT2D eigenvalue weighted by atomic mass is 9.52. The maximum absolute atomic E-state index is 11.8. The molecule has 1 aromatic carbocycles. The molecule has 0 unspecified atom stereocenters. The molecule has 0 spiro atoms. The molecule has 2 N–H and O–H groups in total. The average molecular weight is 345 g/mol. The number of hydrogen-bond acceptors (Lipinski definition) is 3. The first-order valence-electron chi connectivity index (χ1n) is 9.43. The molecule has 1 amide bonds. The van der Waals surface area contributed by atoms with Crippen LogP contribution in [-0.4, -0.2) is 23.4 Å². The van der Waals surface area contributed by atoms with Crippen LogP contribution in [0, 0.1) is 10.8 Å². The molecule has 3 saturated carbocycles. The lowest BCUT2D eigenvalue weighted by Gasteiger charge is -2.53. The van der Waals surface area contributed by atoms with E-state index in [4.69, 9.17) is 4.74 Å². The van der Waals surface area contributed by atoms with Crippen LogP contribution in [0.4, 0.5) is 10.5 Å². The van der Waals surface area contributed by atoms with E-state index in [1.165, 1.54) is 44.1 Å². The van der Waals surface area contributed by atoms with Gasteiger partial charge in [0.2, 0.25) is 0 Å². The molecular weight excluding hydrogens is 314 g/mol. The predicted molar refractivity (Wildman–Crippen MR) is 99.7 cm³/mol. The van der Waals surface area contributed by atoms with Gasteiger partial charge in [0.25, 0.3) is 0 Å². The molecule has 3 fully saturated rings. The van der Waals surface area contributed by atoms with Crippen LogP contribution in [0.5, 0.6) is 0 Å². The number of aliphatic hydroxyl groups is 1. The third kappa shape index (κ3) is 4.35. The minimum atomic E-state index is -0.491. The minimum Gasteiger partial charge on any atom is -0.444 e. The summed E-state index contributed by atoms with van der Waals surface area (Å²) in [5, 5.41) is 12.5. The standard InChI is InChI=1S/C21H31NO3/c1-19(2,3)25-18(24)22-17-6-4-16(5-7-17)14-20-8-11-21(15-23,12-9-20)13-10-20/h4-7,23H,8-15H2,1-3H3,(H,22,24). The number of aliphatic hydroxyl groups excluding tert-OH is 1. The molecule has 4 heteroatoms. The normalized spacial score (nSPS) is 28.6. The summed E-state index contributed by atoms with van der Waals surface area (Å²) in [6, 6.07) is 8.15. The van der Waals surface area contributed by atoms with Crippen molar-refractivity contribution < 1.29 is 14.6 Å². The molecule has 0 heterocycles. The van der Waals surface area contributed by atoms with Crippen molar-refractivity contribution in [2.75, 3.05) is 11.9 Å². The van der Waals surface area contributed by atoms with E-state index in [0.717, 1.165) is 12.1 Å². The van der Waals surface area contributed by atoms with E-state index >= 15 is 0 Å². The van der Waals surface area contributed by atoms with Crippen LogP contribution in [0.2, 0.25) is 0 Å². The van der Waals surface area contributed by atoms with Crippen LogP contribution in [0.3, 0.4) is 0 Å². The maximum atomic E-state index is 11.8. The number of amides is 1. The van der Waals surface area contributed by atoms with Crippen LogP contribution in [0.15, 0.2) is 24.3 Å². The fourth-order valence-electron chi connectivity index (χ4n) is 4.40. The van der Waals surface area contributed by atoms with E-state index in [1.807, 2.05) is 32.9 Å². The van der Waals surface area contributed by atoms with Gasteiger partial charge in [-0.2, -0.15) is 0 Å². The molecule has 0 atom stereocenters. The SMILES string of the molecule is CC(C)(C)OC(=O)Nc1ccc(CC23CCC(CO)(CC2)CC3)cc1. The molecule has 3 aliphatic carbocycles. The van der Waals surface area contributed by atoms with Crippen LogP contribution in [-0.2, 0) is 11.2 Å². The Morgan fingerprint density at radius 3 is 2.04 bits per heavy atom. The van der Waals surface area contributed by atoms with Crippen LogP contribution >= 0.6 is 0 Å². The van der Waals surface area contributed by atoms with Gasteiger partial charge in [-0.3, -0.25) is 5.32 Å². The first-order valence-corrected chi connectivity index (χ1v) is 9.43. The summed E-state index contributed by atoms with van der Waals surface area (Å²) >= 11 is 0. The topological polar surface area (TPSA) is 58.6 Å². The number of carbonyl (C=O) groups excluding carboxylic acids is 1. The monoisotopic (exact) mass is 345 g/mol. The smallest absolute Gasteiger partial charge is 0.412 e. The van der Waals surface area contributed by atoms with Crippen molar-refractivity contribution in [1.82, 2.24) is 0 Å². The summed E-state index contributed by atoms with van der Waals surface area (Å²) in [6.07, 6.45) is 7.87. The minimum absolute atomic E-state index is 0.225. The summed E-state index contributed by atoms with van der Waals surface area (Å²) in [4.78, 5) is 11.8. The third-order valence-corrected chi connectivity index (χ3v) is 6.07. The fraction of sp³-hybridized carbons (Fsp3) is 0.667. The zero-order valence-corrected chi connectivity index (χ0v) is 15.7. The van der Waals surface area contributed by atoms with Gasteiger partial charge in [0.05, 0.1) is 0 Å². The quantitative estimate of drug-likeness (QED) is 0.815. The largest absolute Gasteiger partial charge is 0.444 e. The number of fused-ring (bicyclic) bond motifs is 3. The molecule has 0 aromatic heterocycles. The Labute approximate surface area is 151 Å². The van der Waals surface area contributed by atoms with Crippen molar-refractivity contribution >= 4 is 11.8 Å². The number of hydrogen-bond donors (Lipinski definition) is 2. The van der Waals surface area contributed by atoms with Crippen LogP contribution in [0.25, 0.3) is 0 Å². The van der Waals surface area contributed by atoms with Crippen molar-refractivity contribution in [3.8, 4) is 0 Å². The van der Waals surface area contributed by atoms with Gasteiger partial charge >= 0.3 is 6.09 Å². The molecule has 138 valence electrons. The van der Waals surface area contributed by atoms with Gasteiger partial charge in [-0.25, -0.2) is 4.79 Å². The Balaban J connectivity index is 1.58. The Hall–Kier alpha value is -1.55. The van der Waals surface area contributed by atoms with Crippen LogP contribution in [0.1, 0.15) is 64.9 Å². The number of carbonyl (C=O) groups is 1. The summed E-state index contributed by atoms with van der Waals surface area (Å²) in [5.41, 5.74) is 2.24. The van der Waals surface area contributed by atoms with E-state index in [0.29, 0.717) is 12.0 Å². The lowest BCUT2D eigenvalue weighted by Crippen LogP contribution is -2.44. The maximum Gasteiger partial charge on any atom is 0.412 e.